The van der Waals surface area contributed by atoms with Crippen molar-refractivity contribution in [1.29, 1.82) is 0 Å². The third-order valence-electron chi connectivity index (χ3n) is 2.07. The Morgan fingerprint density at radius 3 is 2.85 bits per heavy atom. The molecule has 1 aromatic heterocycles. The van der Waals surface area contributed by atoms with E-state index in [0.717, 1.165) is 25.6 Å². The fourth-order valence-corrected chi connectivity index (χ4v) is 1.46. The first-order valence-electron chi connectivity index (χ1n) is 3.98. The summed E-state index contributed by atoms with van der Waals surface area (Å²) in [6.07, 6.45) is 4.63. The van der Waals surface area contributed by atoms with Crippen molar-refractivity contribution in [2.45, 2.75) is 13.0 Å². The molecule has 1 aliphatic heterocycles. The van der Waals surface area contributed by atoms with Crippen LogP contribution in [0.15, 0.2) is 12.7 Å². The van der Waals surface area contributed by atoms with Crippen LogP contribution in [0, 0.1) is 5.92 Å². The molecule has 1 saturated heterocycles. The highest BCUT2D eigenvalue weighted by molar-refractivity contribution is 5.85. The average Bonchev–Trinajstić information content (AvgIpc) is 2.60. The molecule has 1 aliphatic rings. The highest BCUT2D eigenvalue weighted by Crippen LogP contribution is 2.08. The van der Waals surface area contributed by atoms with E-state index in [4.69, 9.17) is 0 Å². The van der Waals surface area contributed by atoms with Crippen LogP contribution in [-0.4, -0.2) is 27.9 Å². The van der Waals surface area contributed by atoms with Crippen LogP contribution in [0.5, 0.6) is 0 Å². The number of halogens is 2. The van der Waals surface area contributed by atoms with Gasteiger partial charge >= 0.3 is 0 Å². The summed E-state index contributed by atoms with van der Waals surface area (Å²) < 4.78 is 1.90. The second-order valence-electron chi connectivity index (χ2n) is 2.98. The van der Waals surface area contributed by atoms with Crippen LogP contribution in [0.25, 0.3) is 0 Å². The molecule has 1 atom stereocenters. The van der Waals surface area contributed by atoms with Crippen LogP contribution >= 0.6 is 24.8 Å². The normalized spacial score (nSPS) is 20.5. The van der Waals surface area contributed by atoms with Crippen molar-refractivity contribution in [3.05, 3.63) is 12.7 Å². The van der Waals surface area contributed by atoms with E-state index in [-0.39, 0.29) is 24.8 Å². The van der Waals surface area contributed by atoms with Crippen molar-refractivity contribution in [1.82, 2.24) is 20.1 Å². The van der Waals surface area contributed by atoms with E-state index in [1.165, 1.54) is 6.42 Å². The Morgan fingerprint density at radius 2 is 2.31 bits per heavy atom. The summed E-state index contributed by atoms with van der Waals surface area (Å²) in [5.74, 6) is 0.747. The lowest BCUT2D eigenvalue weighted by atomic mass is 10.1. The Morgan fingerprint density at radius 1 is 1.46 bits per heavy atom. The van der Waals surface area contributed by atoms with Gasteiger partial charge in [-0.3, -0.25) is 4.68 Å². The maximum absolute atomic E-state index is 4.06. The van der Waals surface area contributed by atoms with Gasteiger partial charge in [-0.15, -0.1) is 24.8 Å². The second-order valence-corrected chi connectivity index (χ2v) is 2.98. The first-order valence-corrected chi connectivity index (χ1v) is 3.98. The summed E-state index contributed by atoms with van der Waals surface area (Å²) in [5.41, 5.74) is 0. The maximum Gasteiger partial charge on any atom is 0.137 e. The molecule has 0 saturated carbocycles. The van der Waals surface area contributed by atoms with Gasteiger partial charge in [0.25, 0.3) is 0 Å². The molecule has 0 bridgehead atoms. The zero-order chi connectivity index (χ0) is 7.52. The molecule has 1 aromatic rings. The average molecular weight is 225 g/mol. The quantitative estimate of drug-likeness (QED) is 0.806. The zero-order valence-electron chi connectivity index (χ0n) is 7.22. The van der Waals surface area contributed by atoms with Gasteiger partial charge < -0.3 is 5.32 Å². The van der Waals surface area contributed by atoms with Crippen LogP contribution in [0.4, 0.5) is 0 Å². The SMILES string of the molecule is Cl.Cl.c1ncn(CC2CCNC2)n1. The number of hydrogen-bond acceptors (Lipinski definition) is 3. The van der Waals surface area contributed by atoms with Gasteiger partial charge in [-0.05, 0) is 25.4 Å². The highest BCUT2D eigenvalue weighted by atomic mass is 35.5. The van der Waals surface area contributed by atoms with E-state index in [0.29, 0.717) is 0 Å². The molecular formula is C7H14Cl2N4. The van der Waals surface area contributed by atoms with Gasteiger partial charge in [0.1, 0.15) is 12.7 Å². The van der Waals surface area contributed by atoms with E-state index in [2.05, 4.69) is 15.4 Å². The molecule has 76 valence electrons. The van der Waals surface area contributed by atoms with Gasteiger partial charge in [0, 0.05) is 6.54 Å². The summed E-state index contributed by atoms with van der Waals surface area (Å²) in [7, 11) is 0. The van der Waals surface area contributed by atoms with E-state index >= 15 is 0 Å². The topological polar surface area (TPSA) is 42.7 Å². The minimum Gasteiger partial charge on any atom is -0.316 e. The van der Waals surface area contributed by atoms with Gasteiger partial charge in [0.05, 0.1) is 0 Å². The van der Waals surface area contributed by atoms with Crippen molar-refractivity contribution in [2.75, 3.05) is 13.1 Å². The monoisotopic (exact) mass is 224 g/mol. The Balaban J connectivity index is 0.000000720. The molecule has 2 heterocycles. The smallest absolute Gasteiger partial charge is 0.137 e. The van der Waals surface area contributed by atoms with Crippen LogP contribution in [0.3, 0.4) is 0 Å². The lowest BCUT2D eigenvalue weighted by molar-refractivity contribution is 0.448. The van der Waals surface area contributed by atoms with Crippen molar-refractivity contribution < 1.29 is 0 Å². The standard InChI is InChI=1S/C7H12N4.2ClH/c1-2-8-3-7(1)4-11-6-9-5-10-11;;/h5-8H,1-4H2;2*1H. The highest BCUT2D eigenvalue weighted by Gasteiger charge is 2.14. The van der Waals surface area contributed by atoms with E-state index < -0.39 is 0 Å². The minimum atomic E-state index is 0. The largest absolute Gasteiger partial charge is 0.316 e. The number of rotatable bonds is 2. The molecule has 0 spiro atoms. The minimum absolute atomic E-state index is 0. The predicted molar refractivity (Wildman–Crippen MR) is 55.5 cm³/mol. The molecule has 0 amide bonds. The molecule has 0 radical (unpaired) electrons. The molecule has 6 heteroatoms. The number of hydrogen-bond donors (Lipinski definition) is 1. The van der Waals surface area contributed by atoms with E-state index in [1.54, 1.807) is 12.7 Å². The van der Waals surface area contributed by atoms with Crippen LogP contribution < -0.4 is 5.32 Å². The summed E-state index contributed by atoms with van der Waals surface area (Å²) in [5, 5.41) is 7.38. The molecule has 4 nitrogen and oxygen atoms in total. The molecule has 0 aliphatic carbocycles. The van der Waals surface area contributed by atoms with Crippen molar-refractivity contribution >= 4 is 24.8 Å². The lowest BCUT2D eigenvalue weighted by Crippen LogP contribution is -2.14. The summed E-state index contributed by atoms with van der Waals surface area (Å²) in [4.78, 5) is 3.90. The van der Waals surface area contributed by atoms with Crippen LogP contribution in [0.2, 0.25) is 0 Å². The van der Waals surface area contributed by atoms with Gasteiger partial charge in [-0.2, -0.15) is 5.10 Å². The Bertz CT molecular complexity index is 208. The van der Waals surface area contributed by atoms with Gasteiger partial charge in [-0.1, -0.05) is 0 Å². The van der Waals surface area contributed by atoms with Crippen molar-refractivity contribution in [2.24, 2.45) is 5.92 Å². The zero-order valence-corrected chi connectivity index (χ0v) is 8.85. The number of nitrogens with one attached hydrogen (secondary N) is 1. The summed E-state index contributed by atoms with van der Waals surface area (Å²) in [6.45, 7) is 3.28. The first kappa shape index (κ1) is 12.7. The Labute approximate surface area is 89.9 Å². The number of nitrogens with zero attached hydrogens (tertiary/aromatic N) is 3. The van der Waals surface area contributed by atoms with E-state index in [1.807, 2.05) is 4.68 Å². The first-order chi connectivity index (χ1) is 5.45. The Hall–Kier alpha value is -0.320. The van der Waals surface area contributed by atoms with Crippen molar-refractivity contribution in [3.63, 3.8) is 0 Å². The molecule has 13 heavy (non-hydrogen) atoms. The van der Waals surface area contributed by atoms with Gasteiger partial charge in [-0.25, -0.2) is 4.98 Å². The summed E-state index contributed by atoms with van der Waals surface area (Å²) in [6, 6.07) is 0. The molecule has 2 rings (SSSR count). The molecular weight excluding hydrogens is 211 g/mol. The number of aromatic nitrogens is 3. The van der Waals surface area contributed by atoms with Gasteiger partial charge in [0.2, 0.25) is 0 Å². The lowest BCUT2D eigenvalue weighted by Gasteiger charge is -2.06. The Kier molecular flexibility index (Phi) is 6.03. The van der Waals surface area contributed by atoms with E-state index in [9.17, 15) is 0 Å². The molecule has 1 fully saturated rings. The van der Waals surface area contributed by atoms with Crippen LogP contribution in [-0.2, 0) is 6.54 Å². The third kappa shape index (κ3) is 3.50. The predicted octanol–water partition coefficient (Wildman–Crippen LogP) is 0.731. The third-order valence-corrected chi connectivity index (χ3v) is 2.07. The fraction of sp³-hybridized carbons (Fsp3) is 0.714. The van der Waals surface area contributed by atoms with Gasteiger partial charge in [0.15, 0.2) is 0 Å². The molecule has 1 unspecified atom stereocenters. The fourth-order valence-electron chi connectivity index (χ4n) is 1.46. The maximum atomic E-state index is 4.06. The summed E-state index contributed by atoms with van der Waals surface area (Å²) >= 11 is 0. The van der Waals surface area contributed by atoms with Crippen molar-refractivity contribution in [3.8, 4) is 0 Å². The second kappa shape index (κ2) is 6.18. The van der Waals surface area contributed by atoms with Crippen LogP contribution in [0.1, 0.15) is 6.42 Å². The molecule has 0 aromatic carbocycles. The molecule has 1 N–H and O–H groups in total.